The molecule has 1 aromatic heterocycles. The molecule has 0 atom stereocenters. The second-order valence-electron chi connectivity index (χ2n) is 3.60. The van der Waals surface area contributed by atoms with Crippen LogP contribution in [0.3, 0.4) is 0 Å². The van der Waals surface area contributed by atoms with Crippen LogP contribution in [0, 0.1) is 0 Å². The van der Waals surface area contributed by atoms with Crippen molar-refractivity contribution in [3.8, 4) is 5.88 Å². The number of hydrogen-bond acceptors (Lipinski definition) is 3. The van der Waals surface area contributed by atoms with Crippen LogP contribution in [0.2, 0.25) is 0 Å². The molecule has 18 heavy (non-hydrogen) atoms. The Morgan fingerprint density at radius 2 is 2.06 bits per heavy atom. The third-order valence-electron chi connectivity index (χ3n) is 2.36. The third kappa shape index (κ3) is 3.05. The van der Waals surface area contributed by atoms with E-state index in [1.807, 2.05) is 24.3 Å². The van der Waals surface area contributed by atoms with Crippen LogP contribution in [0.25, 0.3) is 0 Å². The minimum absolute atomic E-state index is 0.283. The number of rotatable bonds is 4. The Hall–Kier alpha value is -1.46. The summed E-state index contributed by atoms with van der Waals surface area (Å²) in [6, 6.07) is 11.4. The van der Waals surface area contributed by atoms with Gasteiger partial charge in [0.1, 0.15) is 11.6 Å². The van der Waals surface area contributed by atoms with Gasteiger partial charge in [0.05, 0.1) is 5.56 Å². The Morgan fingerprint density at radius 1 is 1.28 bits per heavy atom. The maximum Gasteiger partial charge on any atom is 0.224 e. The smallest absolute Gasteiger partial charge is 0.224 e. The van der Waals surface area contributed by atoms with Gasteiger partial charge in [-0.15, -0.1) is 0 Å². The molecule has 0 radical (unpaired) electrons. The number of aromatic nitrogens is 1. The zero-order chi connectivity index (χ0) is 13.0. The minimum atomic E-state index is 0.283. The van der Waals surface area contributed by atoms with Crippen LogP contribution in [0.5, 0.6) is 5.88 Å². The molecule has 0 amide bonds. The van der Waals surface area contributed by atoms with Crippen LogP contribution in [-0.4, -0.2) is 9.97 Å². The second kappa shape index (κ2) is 5.93. The summed E-state index contributed by atoms with van der Waals surface area (Å²) in [6.07, 6.45) is 1.65. The average Bonchev–Trinajstić information content (AvgIpc) is 2.38. The van der Waals surface area contributed by atoms with E-state index in [4.69, 9.17) is 22.7 Å². The molecule has 0 fully saturated rings. The van der Waals surface area contributed by atoms with E-state index >= 15 is 0 Å². The number of hydrogen-bond donors (Lipinski definition) is 1. The first-order valence-corrected chi connectivity index (χ1v) is 6.49. The van der Waals surface area contributed by atoms with Crippen molar-refractivity contribution in [2.75, 3.05) is 0 Å². The lowest BCUT2D eigenvalue weighted by Gasteiger charge is -2.10. The molecule has 1 heterocycles. The highest BCUT2D eigenvalue weighted by atomic mass is 79.9. The zero-order valence-corrected chi connectivity index (χ0v) is 11.9. The molecular weight excluding hydrogens is 312 g/mol. The highest BCUT2D eigenvalue weighted by Gasteiger charge is 2.08. The van der Waals surface area contributed by atoms with Gasteiger partial charge in [-0.2, -0.15) is 0 Å². The van der Waals surface area contributed by atoms with E-state index in [0.29, 0.717) is 18.1 Å². The normalized spacial score (nSPS) is 10.1. The summed E-state index contributed by atoms with van der Waals surface area (Å²) >= 11 is 8.42. The quantitative estimate of drug-likeness (QED) is 0.879. The predicted molar refractivity (Wildman–Crippen MR) is 78.6 cm³/mol. The van der Waals surface area contributed by atoms with Crippen molar-refractivity contribution in [2.45, 2.75) is 6.61 Å². The Labute approximate surface area is 119 Å². The van der Waals surface area contributed by atoms with Gasteiger partial charge in [0.25, 0.3) is 0 Å². The number of nitrogens with zero attached hydrogens (tertiary/aromatic N) is 1. The summed E-state index contributed by atoms with van der Waals surface area (Å²) < 4.78 is 6.65. The predicted octanol–water partition coefficient (Wildman–Crippen LogP) is 3.06. The Balaban J connectivity index is 2.16. The van der Waals surface area contributed by atoms with Crippen molar-refractivity contribution in [3.63, 3.8) is 0 Å². The van der Waals surface area contributed by atoms with Gasteiger partial charge in [-0.1, -0.05) is 46.3 Å². The number of pyridine rings is 1. The SMILES string of the molecule is NC(=S)c1cccnc1OCc1ccccc1Br. The van der Waals surface area contributed by atoms with Crippen molar-refractivity contribution in [3.05, 3.63) is 58.2 Å². The van der Waals surface area contributed by atoms with Gasteiger partial charge in [0.2, 0.25) is 5.88 Å². The van der Waals surface area contributed by atoms with Crippen molar-refractivity contribution >= 4 is 33.1 Å². The molecular formula is C13H11BrN2OS. The van der Waals surface area contributed by atoms with Gasteiger partial charge in [-0.25, -0.2) is 4.98 Å². The summed E-state index contributed by atoms with van der Waals surface area (Å²) in [4.78, 5) is 4.42. The number of halogens is 1. The third-order valence-corrected chi connectivity index (χ3v) is 3.35. The van der Waals surface area contributed by atoms with Gasteiger partial charge in [0.15, 0.2) is 0 Å². The van der Waals surface area contributed by atoms with Crippen LogP contribution in [0.4, 0.5) is 0 Å². The summed E-state index contributed by atoms with van der Waals surface area (Å²) in [7, 11) is 0. The summed E-state index contributed by atoms with van der Waals surface area (Å²) in [5, 5.41) is 0. The molecule has 2 aromatic rings. The fraction of sp³-hybridized carbons (Fsp3) is 0.0769. The van der Waals surface area contributed by atoms with Crippen molar-refractivity contribution < 1.29 is 4.74 Å². The molecule has 0 saturated carbocycles. The Kier molecular flexibility index (Phi) is 4.28. The minimum Gasteiger partial charge on any atom is -0.472 e. The summed E-state index contributed by atoms with van der Waals surface area (Å²) in [5.74, 6) is 0.459. The van der Waals surface area contributed by atoms with Gasteiger partial charge in [0, 0.05) is 16.2 Å². The van der Waals surface area contributed by atoms with E-state index in [2.05, 4.69) is 20.9 Å². The number of nitrogens with two attached hydrogens (primary N) is 1. The van der Waals surface area contributed by atoms with Gasteiger partial charge >= 0.3 is 0 Å². The van der Waals surface area contributed by atoms with Crippen LogP contribution in [-0.2, 0) is 6.61 Å². The van der Waals surface area contributed by atoms with E-state index in [9.17, 15) is 0 Å². The molecule has 5 heteroatoms. The van der Waals surface area contributed by atoms with Crippen LogP contribution in [0.1, 0.15) is 11.1 Å². The molecule has 3 nitrogen and oxygen atoms in total. The molecule has 0 aliphatic rings. The first-order valence-electron chi connectivity index (χ1n) is 5.29. The maximum absolute atomic E-state index is 5.66. The van der Waals surface area contributed by atoms with Crippen LogP contribution in [0.15, 0.2) is 47.1 Å². The van der Waals surface area contributed by atoms with Gasteiger partial charge in [-0.05, 0) is 18.2 Å². The fourth-order valence-corrected chi connectivity index (χ4v) is 2.01. The van der Waals surface area contributed by atoms with E-state index in [0.717, 1.165) is 10.0 Å². The lowest BCUT2D eigenvalue weighted by molar-refractivity contribution is 0.292. The first-order chi connectivity index (χ1) is 8.68. The van der Waals surface area contributed by atoms with Crippen molar-refractivity contribution in [1.82, 2.24) is 4.98 Å². The van der Waals surface area contributed by atoms with E-state index in [1.54, 1.807) is 18.3 Å². The van der Waals surface area contributed by atoms with E-state index in [-0.39, 0.29) is 4.99 Å². The lowest BCUT2D eigenvalue weighted by atomic mass is 10.2. The monoisotopic (exact) mass is 322 g/mol. The highest BCUT2D eigenvalue weighted by molar-refractivity contribution is 9.10. The molecule has 0 unspecified atom stereocenters. The van der Waals surface area contributed by atoms with Gasteiger partial charge < -0.3 is 10.5 Å². The van der Waals surface area contributed by atoms with Crippen molar-refractivity contribution in [2.24, 2.45) is 5.73 Å². The molecule has 92 valence electrons. The van der Waals surface area contributed by atoms with Crippen LogP contribution < -0.4 is 10.5 Å². The summed E-state index contributed by atoms with van der Waals surface area (Å²) in [5.41, 5.74) is 7.31. The zero-order valence-electron chi connectivity index (χ0n) is 9.47. The molecule has 0 spiro atoms. The average molecular weight is 323 g/mol. The number of thiocarbonyl (C=S) groups is 1. The van der Waals surface area contributed by atoms with Crippen molar-refractivity contribution in [1.29, 1.82) is 0 Å². The molecule has 2 N–H and O–H groups in total. The topological polar surface area (TPSA) is 48.1 Å². The lowest BCUT2D eigenvalue weighted by Crippen LogP contribution is -2.12. The molecule has 0 aliphatic heterocycles. The standard InChI is InChI=1S/C13H11BrN2OS/c14-11-6-2-1-4-9(11)8-17-13-10(12(15)18)5-3-7-16-13/h1-7H,8H2,(H2,15,18). The molecule has 0 saturated heterocycles. The number of benzene rings is 1. The second-order valence-corrected chi connectivity index (χ2v) is 4.89. The van der Waals surface area contributed by atoms with Gasteiger partial charge in [-0.3, -0.25) is 0 Å². The largest absolute Gasteiger partial charge is 0.472 e. The Morgan fingerprint density at radius 3 is 2.78 bits per heavy atom. The van der Waals surface area contributed by atoms with Crippen LogP contribution >= 0.6 is 28.1 Å². The Bertz CT molecular complexity index is 574. The highest BCUT2D eigenvalue weighted by Crippen LogP contribution is 2.20. The molecule has 0 aliphatic carbocycles. The molecule has 1 aromatic carbocycles. The summed E-state index contributed by atoms with van der Waals surface area (Å²) in [6.45, 7) is 0.411. The first kappa shape index (κ1) is 13.0. The van der Waals surface area contributed by atoms with E-state index < -0.39 is 0 Å². The number of ether oxygens (including phenoxy) is 1. The fourth-order valence-electron chi connectivity index (χ4n) is 1.45. The van der Waals surface area contributed by atoms with E-state index in [1.165, 1.54) is 0 Å². The maximum atomic E-state index is 5.66. The molecule has 0 bridgehead atoms. The molecule has 2 rings (SSSR count).